The van der Waals surface area contributed by atoms with Crippen molar-refractivity contribution in [2.45, 2.75) is 38.5 Å². The minimum Gasteiger partial charge on any atom is -0.398 e. The third-order valence-electron chi connectivity index (χ3n) is 2.48. The molecular formula is C15H20N2O7S. The second kappa shape index (κ2) is 9.64. The molecule has 0 bridgehead atoms. The van der Waals surface area contributed by atoms with E-state index in [-0.39, 0.29) is 41.6 Å². The molecule has 0 aromatic heterocycles. The lowest BCUT2D eigenvalue weighted by Crippen LogP contribution is -2.15. The van der Waals surface area contributed by atoms with Crippen molar-refractivity contribution in [3.63, 3.8) is 0 Å². The first-order valence-corrected chi connectivity index (χ1v) is 8.42. The topological polar surface area (TPSA) is 161 Å². The first kappa shape index (κ1) is 22.4. The van der Waals surface area contributed by atoms with Crippen molar-refractivity contribution >= 4 is 44.7 Å². The van der Waals surface area contributed by atoms with Gasteiger partial charge in [0.15, 0.2) is 0 Å². The fraction of sp³-hybridized carbons (Fsp3) is 0.333. The number of amides is 1. The fourth-order valence-electron chi connectivity index (χ4n) is 1.62. The van der Waals surface area contributed by atoms with E-state index in [0.717, 1.165) is 6.07 Å². The van der Waals surface area contributed by atoms with Gasteiger partial charge in [0.05, 0.1) is 18.5 Å². The molecule has 1 aromatic carbocycles. The molecule has 0 fully saturated rings. The number of carbonyl (C=O) groups is 4. The molecule has 1 amide bonds. The molecule has 1 aromatic rings. The minimum atomic E-state index is -4.46. The molecule has 0 radical (unpaired) electrons. The molecule has 0 aliphatic rings. The Balaban J connectivity index is 0.000000697. The van der Waals surface area contributed by atoms with Gasteiger partial charge in [-0.25, -0.2) is 0 Å². The number of Topliss-reactive ketones (excluding diaryl/α,β-unsaturated/α-hetero) is 3. The van der Waals surface area contributed by atoms with Gasteiger partial charge in [0, 0.05) is 5.69 Å². The highest BCUT2D eigenvalue weighted by atomic mass is 32.2. The van der Waals surface area contributed by atoms with E-state index in [2.05, 4.69) is 5.32 Å². The van der Waals surface area contributed by atoms with Crippen molar-refractivity contribution in [3.05, 3.63) is 18.2 Å². The van der Waals surface area contributed by atoms with Crippen molar-refractivity contribution in [2.75, 3.05) is 11.1 Å². The summed E-state index contributed by atoms with van der Waals surface area (Å²) in [4.78, 5) is 41.6. The van der Waals surface area contributed by atoms with Gasteiger partial charge in [-0.2, -0.15) is 8.42 Å². The van der Waals surface area contributed by atoms with Crippen LogP contribution in [0.3, 0.4) is 0 Å². The predicted octanol–water partition coefficient (Wildman–Crippen LogP) is 0.988. The molecule has 0 unspecified atom stereocenters. The first-order valence-electron chi connectivity index (χ1n) is 6.98. The quantitative estimate of drug-likeness (QED) is 0.378. The first-order chi connectivity index (χ1) is 11.3. The van der Waals surface area contributed by atoms with Gasteiger partial charge >= 0.3 is 0 Å². The zero-order valence-corrected chi connectivity index (χ0v) is 14.8. The van der Waals surface area contributed by atoms with Gasteiger partial charge in [-0.1, -0.05) is 0 Å². The van der Waals surface area contributed by atoms with Gasteiger partial charge < -0.3 is 11.1 Å². The lowest BCUT2D eigenvalue weighted by atomic mass is 10.2. The summed E-state index contributed by atoms with van der Waals surface area (Å²) in [5.41, 5.74) is 5.37. The molecule has 0 saturated carbocycles. The smallest absolute Gasteiger partial charge is 0.296 e. The molecule has 1 rings (SSSR count). The number of anilines is 2. The summed E-state index contributed by atoms with van der Waals surface area (Å²) in [6.07, 6.45) is -0.231. The Hall–Kier alpha value is -2.59. The van der Waals surface area contributed by atoms with E-state index in [1.54, 1.807) is 0 Å². The van der Waals surface area contributed by atoms with Crippen LogP contribution in [0.4, 0.5) is 11.4 Å². The van der Waals surface area contributed by atoms with Crippen LogP contribution in [-0.2, 0) is 29.3 Å². The monoisotopic (exact) mass is 372 g/mol. The average Bonchev–Trinajstić information content (AvgIpc) is 2.37. The molecule has 25 heavy (non-hydrogen) atoms. The summed E-state index contributed by atoms with van der Waals surface area (Å²) in [7, 11) is -4.46. The van der Waals surface area contributed by atoms with Crippen molar-refractivity contribution in [1.82, 2.24) is 0 Å². The third-order valence-corrected chi connectivity index (χ3v) is 3.39. The number of benzene rings is 1. The van der Waals surface area contributed by atoms with E-state index >= 15 is 0 Å². The minimum absolute atomic E-state index is 0.0625. The van der Waals surface area contributed by atoms with Gasteiger partial charge in [0.2, 0.25) is 5.91 Å². The maximum absolute atomic E-state index is 11.3. The second-order valence-corrected chi connectivity index (χ2v) is 6.63. The molecule has 10 heteroatoms. The van der Waals surface area contributed by atoms with E-state index in [9.17, 15) is 27.6 Å². The molecule has 9 nitrogen and oxygen atoms in total. The van der Waals surface area contributed by atoms with Crippen LogP contribution in [0.15, 0.2) is 23.1 Å². The van der Waals surface area contributed by atoms with Crippen molar-refractivity contribution < 1.29 is 32.1 Å². The Kier molecular flexibility index (Phi) is 8.65. The van der Waals surface area contributed by atoms with E-state index in [0.29, 0.717) is 0 Å². The SMILES string of the molecule is CC(=O)CC(=O)Nc1ccc(N)c(S(=O)(=O)O)c1.CC(=O)CC(C)=O. The normalized spacial score (nSPS) is 10.2. The van der Waals surface area contributed by atoms with E-state index in [1.807, 2.05) is 0 Å². The van der Waals surface area contributed by atoms with Crippen LogP contribution < -0.4 is 11.1 Å². The molecular weight excluding hydrogens is 352 g/mol. The maximum Gasteiger partial charge on any atom is 0.296 e. The summed E-state index contributed by atoms with van der Waals surface area (Å²) in [6.45, 7) is 4.06. The number of nitrogens with one attached hydrogen (secondary N) is 1. The van der Waals surface area contributed by atoms with Crippen molar-refractivity contribution in [2.24, 2.45) is 0 Å². The lowest BCUT2D eigenvalue weighted by Gasteiger charge is -2.07. The number of hydrogen-bond acceptors (Lipinski definition) is 7. The summed E-state index contributed by atoms with van der Waals surface area (Å²) in [5, 5.41) is 2.32. The van der Waals surface area contributed by atoms with Gasteiger partial charge in [-0.05, 0) is 39.0 Å². The highest BCUT2D eigenvalue weighted by Crippen LogP contribution is 2.22. The highest BCUT2D eigenvalue weighted by Gasteiger charge is 2.15. The fourth-order valence-corrected chi connectivity index (χ4v) is 2.26. The summed E-state index contributed by atoms with van der Waals surface area (Å²) in [6, 6.07) is 3.61. The summed E-state index contributed by atoms with van der Waals surface area (Å²) in [5.74, 6) is -1.02. The van der Waals surface area contributed by atoms with Crippen LogP contribution in [-0.4, -0.2) is 36.2 Å². The third kappa shape index (κ3) is 9.99. The Morgan fingerprint density at radius 3 is 1.84 bits per heavy atom. The van der Waals surface area contributed by atoms with Gasteiger partial charge in [-0.3, -0.25) is 23.7 Å². The Bertz CT molecular complexity index is 773. The summed E-state index contributed by atoms with van der Waals surface area (Å²) < 4.78 is 30.9. The molecule has 0 heterocycles. The Morgan fingerprint density at radius 1 is 1.00 bits per heavy atom. The number of nitrogens with two attached hydrogens (primary N) is 1. The molecule has 4 N–H and O–H groups in total. The molecule has 0 saturated heterocycles. The zero-order valence-electron chi connectivity index (χ0n) is 14.0. The van der Waals surface area contributed by atoms with Gasteiger partial charge in [0.1, 0.15) is 22.2 Å². The van der Waals surface area contributed by atoms with Gasteiger partial charge in [-0.15, -0.1) is 0 Å². The zero-order chi connectivity index (χ0) is 19.8. The van der Waals surface area contributed by atoms with Gasteiger partial charge in [0.25, 0.3) is 10.1 Å². The summed E-state index contributed by atoms with van der Waals surface area (Å²) >= 11 is 0. The number of rotatable bonds is 6. The largest absolute Gasteiger partial charge is 0.398 e. The number of ketones is 3. The van der Waals surface area contributed by atoms with E-state index in [4.69, 9.17) is 10.3 Å². The van der Waals surface area contributed by atoms with E-state index < -0.39 is 20.9 Å². The van der Waals surface area contributed by atoms with Crippen LogP contribution in [0.1, 0.15) is 33.6 Å². The second-order valence-electron chi connectivity index (χ2n) is 5.24. The molecule has 0 atom stereocenters. The highest BCUT2D eigenvalue weighted by molar-refractivity contribution is 7.86. The molecule has 0 aliphatic heterocycles. The number of hydrogen-bond donors (Lipinski definition) is 3. The maximum atomic E-state index is 11.3. The molecule has 0 spiro atoms. The Labute approximate surface area is 145 Å². The molecule has 138 valence electrons. The van der Waals surface area contributed by atoms with Crippen molar-refractivity contribution in [3.8, 4) is 0 Å². The molecule has 0 aliphatic carbocycles. The average molecular weight is 372 g/mol. The van der Waals surface area contributed by atoms with Crippen LogP contribution in [0.5, 0.6) is 0 Å². The number of nitrogen functional groups attached to an aromatic ring is 1. The van der Waals surface area contributed by atoms with Crippen LogP contribution in [0.25, 0.3) is 0 Å². The van der Waals surface area contributed by atoms with Crippen LogP contribution in [0.2, 0.25) is 0 Å². The standard InChI is InChI=1S/C10H12N2O5S.C5H8O2/c1-6(13)4-10(14)12-7-2-3-8(11)9(5-7)18(15,16)17;1-4(6)3-5(2)7/h2-3,5H,4,11H2,1H3,(H,12,14)(H,15,16,17);3H2,1-2H3. The van der Waals surface area contributed by atoms with Crippen LogP contribution in [0, 0.1) is 0 Å². The predicted molar refractivity (Wildman–Crippen MR) is 90.6 cm³/mol. The lowest BCUT2D eigenvalue weighted by molar-refractivity contribution is -0.126. The van der Waals surface area contributed by atoms with Crippen molar-refractivity contribution in [1.29, 1.82) is 0 Å². The van der Waals surface area contributed by atoms with E-state index in [1.165, 1.54) is 32.9 Å². The Morgan fingerprint density at radius 2 is 1.48 bits per heavy atom. The number of carbonyl (C=O) groups excluding carboxylic acids is 4. The van der Waals surface area contributed by atoms with Crippen LogP contribution >= 0.6 is 0 Å².